The third kappa shape index (κ3) is 3.11. The number of hydrogen-bond acceptors (Lipinski definition) is 1. The van der Waals surface area contributed by atoms with Gasteiger partial charge in [-0.1, -0.05) is 13.8 Å². The third-order valence-electron chi connectivity index (χ3n) is 3.38. The molecule has 1 aliphatic rings. The van der Waals surface area contributed by atoms with E-state index in [4.69, 9.17) is 0 Å². The normalized spacial score (nSPS) is 18.0. The summed E-state index contributed by atoms with van der Waals surface area (Å²) in [6, 6.07) is 2.07. The molecule has 2 heteroatoms. The Bertz CT molecular complexity index is 325. The minimum atomic E-state index is -0.216. The Kier molecular flexibility index (Phi) is 3.70. The van der Waals surface area contributed by atoms with Gasteiger partial charge in [0.2, 0.25) is 0 Å². The van der Waals surface area contributed by atoms with Crippen molar-refractivity contribution in [1.29, 1.82) is 0 Å². The fourth-order valence-corrected chi connectivity index (χ4v) is 2.14. The van der Waals surface area contributed by atoms with Crippen molar-refractivity contribution in [3.63, 3.8) is 0 Å². The summed E-state index contributed by atoms with van der Waals surface area (Å²) in [5.74, 6) is 1.32. The molecule has 0 saturated heterocycles. The van der Waals surface area contributed by atoms with Gasteiger partial charge in [0.1, 0.15) is 0 Å². The Labute approximate surface area is 98.3 Å². The fraction of sp³-hybridized carbons (Fsp3) is 0.714. The van der Waals surface area contributed by atoms with Gasteiger partial charge in [0.15, 0.2) is 0 Å². The van der Waals surface area contributed by atoms with Gasteiger partial charge in [0.25, 0.3) is 0 Å². The maximum absolute atomic E-state index is 9.97. The van der Waals surface area contributed by atoms with Crippen LogP contribution in [0.1, 0.15) is 51.2 Å². The Balaban J connectivity index is 1.82. The zero-order valence-corrected chi connectivity index (χ0v) is 10.4. The van der Waals surface area contributed by atoms with E-state index in [9.17, 15) is 5.11 Å². The van der Waals surface area contributed by atoms with Crippen molar-refractivity contribution in [3.05, 3.63) is 24.0 Å². The molecule has 0 bridgehead atoms. The second kappa shape index (κ2) is 5.05. The highest BCUT2D eigenvalue weighted by atomic mass is 16.3. The van der Waals surface area contributed by atoms with E-state index in [1.54, 1.807) is 0 Å². The second-order valence-corrected chi connectivity index (χ2v) is 5.50. The quantitative estimate of drug-likeness (QED) is 0.783. The lowest BCUT2D eigenvalue weighted by Crippen LogP contribution is -1.99. The van der Waals surface area contributed by atoms with Gasteiger partial charge < -0.3 is 9.67 Å². The molecule has 0 aromatic carbocycles. The maximum atomic E-state index is 9.97. The molecule has 1 unspecified atom stereocenters. The van der Waals surface area contributed by atoms with Gasteiger partial charge in [0, 0.05) is 18.9 Å². The summed E-state index contributed by atoms with van der Waals surface area (Å²) < 4.78 is 2.21. The first kappa shape index (κ1) is 11.7. The summed E-state index contributed by atoms with van der Waals surface area (Å²) in [5.41, 5.74) is 1.10. The Morgan fingerprint density at radius 1 is 1.44 bits per heavy atom. The number of aliphatic hydroxyl groups is 1. The zero-order chi connectivity index (χ0) is 11.5. The fourth-order valence-electron chi connectivity index (χ4n) is 2.14. The molecule has 0 radical (unpaired) electrons. The third-order valence-corrected chi connectivity index (χ3v) is 3.38. The molecule has 2 nitrogen and oxygen atoms in total. The molecule has 16 heavy (non-hydrogen) atoms. The van der Waals surface area contributed by atoms with Crippen LogP contribution in [0, 0.1) is 11.8 Å². The molecular formula is C14H23NO. The molecule has 1 aromatic rings. The number of nitrogens with zero attached hydrogens (tertiary/aromatic N) is 1. The summed E-state index contributed by atoms with van der Waals surface area (Å²) in [6.45, 7) is 5.60. The highest BCUT2D eigenvalue weighted by molar-refractivity contribution is 5.16. The monoisotopic (exact) mass is 221 g/mol. The smallest absolute Gasteiger partial charge is 0.0832 e. The van der Waals surface area contributed by atoms with Crippen molar-refractivity contribution in [2.75, 3.05) is 0 Å². The molecule has 0 spiro atoms. The number of aliphatic hydroxyl groups excluding tert-OH is 1. The molecule has 1 N–H and O–H groups in total. The van der Waals surface area contributed by atoms with Crippen LogP contribution >= 0.6 is 0 Å². The SMILES string of the molecule is CC(C)CCCn1ccc(C(O)C2CC2)c1. The lowest BCUT2D eigenvalue weighted by molar-refractivity contribution is 0.154. The minimum Gasteiger partial charge on any atom is -0.388 e. The van der Waals surface area contributed by atoms with E-state index in [0.717, 1.165) is 18.0 Å². The summed E-state index contributed by atoms with van der Waals surface area (Å²) in [4.78, 5) is 0. The first-order valence-corrected chi connectivity index (χ1v) is 6.50. The zero-order valence-electron chi connectivity index (χ0n) is 10.4. The number of aromatic nitrogens is 1. The van der Waals surface area contributed by atoms with E-state index in [2.05, 4.69) is 36.9 Å². The summed E-state index contributed by atoms with van der Waals surface area (Å²) in [6.07, 6.45) is 8.89. The average Bonchev–Trinajstić information content (AvgIpc) is 2.97. The molecule has 2 rings (SSSR count). The van der Waals surface area contributed by atoms with Gasteiger partial charge in [0.05, 0.1) is 6.10 Å². The predicted octanol–water partition coefficient (Wildman–Crippen LogP) is 3.37. The highest BCUT2D eigenvalue weighted by Gasteiger charge is 2.31. The van der Waals surface area contributed by atoms with Crippen LogP contribution in [-0.2, 0) is 6.54 Å². The molecule has 1 heterocycles. The summed E-state index contributed by atoms with van der Waals surface area (Å²) >= 11 is 0. The van der Waals surface area contributed by atoms with Gasteiger partial charge in [-0.05, 0) is 49.1 Å². The molecule has 1 saturated carbocycles. The van der Waals surface area contributed by atoms with Gasteiger partial charge in [-0.2, -0.15) is 0 Å². The van der Waals surface area contributed by atoms with Crippen LogP contribution in [0.4, 0.5) is 0 Å². The average molecular weight is 221 g/mol. The van der Waals surface area contributed by atoms with E-state index in [1.807, 2.05) is 0 Å². The van der Waals surface area contributed by atoms with Crippen molar-refractivity contribution in [2.24, 2.45) is 11.8 Å². The van der Waals surface area contributed by atoms with E-state index in [1.165, 1.54) is 25.7 Å². The van der Waals surface area contributed by atoms with E-state index in [0.29, 0.717) is 5.92 Å². The molecule has 0 aliphatic heterocycles. The number of hydrogen-bond donors (Lipinski definition) is 1. The van der Waals surface area contributed by atoms with E-state index >= 15 is 0 Å². The van der Waals surface area contributed by atoms with Crippen molar-refractivity contribution in [2.45, 2.75) is 52.2 Å². The molecule has 1 aromatic heterocycles. The largest absolute Gasteiger partial charge is 0.388 e. The molecular weight excluding hydrogens is 198 g/mol. The maximum Gasteiger partial charge on any atom is 0.0832 e. The van der Waals surface area contributed by atoms with Gasteiger partial charge in [-0.15, -0.1) is 0 Å². The standard InChI is InChI=1S/C14H23NO/c1-11(2)4-3-8-15-9-7-13(10-15)14(16)12-5-6-12/h7,9-12,14,16H,3-6,8H2,1-2H3. The topological polar surface area (TPSA) is 25.2 Å². The van der Waals surface area contributed by atoms with E-state index in [-0.39, 0.29) is 6.10 Å². The van der Waals surface area contributed by atoms with Crippen molar-refractivity contribution >= 4 is 0 Å². The predicted molar refractivity (Wildman–Crippen MR) is 66.2 cm³/mol. The summed E-state index contributed by atoms with van der Waals surface area (Å²) in [7, 11) is 0. The van der Waals surface area contributed by atoms with Crippen LogP contribution in [0.5, 0.6) is 0 Å². The van der Waals surface area contributed by atoms with Crippen molar-refractivity contribution < 1.29 is 5.11 Å². The lowest BCUT2D eigenvalue weighted by Gasteiger charge is -2.07. The Morgan fingerprint density at radius 3 is 2.81 bits per heavy atom. The number of rotatable bonds is 6. The van der Waals surface area contributed by atoms with Crippen LogP contribution in [0.15, 0.2) is 18.5 Å². The first-order chi connectivity index (χ1) is 7.66. The van der Waals surface area contributed by atoms with Crippen LogP contribution in [0.25, 0.3) is 0 Å². The molecule has 1 fully saturated rings. The highest BCUT2D eigenvalue weighted by Crippen LogP contribution is 2.40. The molecule has 90 valence electrons. The van der Waals surface area contributed by atoms with Gasteiger partial charge >= 0.3 is 0 Å². The first-order valence-electron chi connectivity index (χ1n) is 6.50. The van der Waals surface area contributed by atoms with Gasteiger partial charge in [-0.25, -0.2) is 0 Å². The summed E-state index contributed by atoms with van der Waals surface area (Å²) in [5, 5.41) is 9.97. The van der Waals surface area contributed by atoms with Gasteiger partial charge in [-0.3, -0.25) is 0 Å². The lowest BCUT2D eigenvalue weighted by atomic mass is 10.1. The number of aryl methyl sites for hydroxylation is 1. The van der Waals surface area contributed by atoms with E-state index < -0.39 is 0 Å². The Morgan fingerprint density at radius 2 is 2.19 bits per heavy atom. The minimum absolute atomic E-state index is 0.216. The molecule has 1 aliphatic carbocycles. The van der Waals surface area contributed by atoms with Crippen LogP contribution in [0.3, 0.4) is 0 Å². The Hall–Kier alpha value is -0.760. The van der Waals surface area contributed by atoms with Crippen molar-refractivity contribution in [3.8, 4) is 0 Å². The molecule has 0 amide bonds. The molecule has 1 atom stereocenters. The second-order valence-electron chi connectivity index (χ2n) is 5.50. The van der Waals surface area contributed by atoms with Crippen molar-refractivity contribution in [1.82, 2.24) is 4.57 Å². The van der Waals surface area contributed by atoms with Crippen LogP contribution in [0.2, 0.25) is 0 Å². The van der Waals surface area contributed by atoms with Crippen LogP contribution in [-0.4, -0.2) is 9.67 Å². The van der Waals surface area contributed by atoms with Crippen LogP contribution < -0.4 is 0 Å².